The molecule has 2 aromatic carbocycles. The molecule has 2 aromatic rings. The summed E-state index contributed by atoms with van der Waals surface area (Å²) >= 11 is 5.88. The minimum Gasteiger partial charge on any atom is -0.218 e. The fourth-order valence-electron chi connectivity index (χ4n) is 1.39. The molecule has 0 amide bonds. The minimum absolute atomic E-state index is 0.142. The van der Waals surface area contributed by atoms with Gasteiger partial charge in [0.1, 0.15) is 0 Å². The van der Waals surface area contributed by atoms with Crippen LogP contribution >= 0.6 is 11.6 Å². The van der Waals surface area contributed by atoms with E-state index in [1.54, 1.807) is 48.5 Å². The van der Waals surface area contributed by atoms with Crippen LogP contribution in [0, 0.1) is 0 Å². The van der Waals surface area contributed by atoms with Gasteiger partial charge in [-0.1, -0.05) is 55.8 Å². The van der Waals surface area contributed by atoms with Crippen molar-refractivity contribution in [2.24, 2.45) is 0 Å². The fourth-order valence-corrected chi connectivity index (χ4v) is 3.18. The monoisotopic (exact) mass is 282 g/mol. The highest BCUT2D eigenvalue weighted by molar-refractivity contribution is 7.91. The zero-order valence-corrected chi connectivity index (χ0v) is 11.9. The van der Waals surface area contributed by atoms with E-state index in [0.29, 0.717) is 0 Å². The Morgan fingerprint density at radius 1 is 0.833 bits per heavy atom. The van der Waals surface area contributed by atoms with E-state index in [4.69, 9.17) is 11.6 Å². The summed E-state index contributed by atoms with van der Waals surface area (Å²) < 4.78 is 24.3. The van der Waals surface area contributed by atoms with Crippen molar-refractivity contribution in [3.05, 3.63) is 59.6 Å². The average molecular weight is 283 g/mol. The third-order valence-electron chi connectivity index (χ3n) is 2.18. The molecule has 0 aliphatic rings. The molecule has 0 spiro atoms. The van der Waals surface area contributed by atoms with Crippen LogP contribution in [0.15, 0.2) is 64.4 Å². The molecule has 0 fully saturated rings. The van der Waals surface area contributed by atoms with Crippen molar-refractivity contribution in [2.75, 3.05) is 0 Å². The molecule has 2 nitrogen and oxygen atoms in total. The van der Waals surface area contributed by atoms with Crippen molar-refractivity contribution in [2.45, 2.75) is 23.6 Å². The number of benzene rings is 2. The van der Waals surface area contributed by atoms with Crippen LogP contribution in [-0.2, 0) is 9.84 Å². The molecule has 96 valence electrons. The molecule has 0 heterocycles. The number of hydrogen-bond donors (Lipinski definition) is 0. The molecule has 4 heteroatoms. The van der Waals surface area contributed by atoms with Gasteiger partial charge in [-0.15, -0.1) is 0 Å². The smallest absolute Gasteiger partial charge is 0.208 e. The Balaban J connectivity index is 0.000000771. The van der Waals surface area contributed by atoms with Gasteiger partial charge < -0.3 is 0 Å². The summed E-state index contributed by atoms with van der Waals surface area (Å²) in [5, 5.41) is 0.242. The maximum atomic E-state index is 12.2. The van der Waals surface area contributed by atoms with Gasteiger partial charge in [-0.3, -0.25) is 0 Å². The molecule has 18 heavy (non-hydrogen) atoms. The first kappa shape index (κ1) is 14.7. The van der Waals surface area contributed by atoms with E-state index in [9.17, 15) is 8.42 Å². The summed E-state index contributed by atoms with van der Waals surface area (Å²) in [6.45, 7) is 4.00. The zero-order valence-electron chi connectivity index (χ0n) is 10.3. The van der Waals surface area contributed by atoms with Crippen molar-refractivity contribution < 1.29 is 8.42 Å². The van der Waals surface area contributed by atoms with Crippen LogP contribution in [0.3, 0.4) is 0 Å². The van der Waals surface area contributed by atoms with Gasteiger partial charge in [0.15, 0.2) is 0 Å². The fraction of sp³-hybridized carbons (Fsp3) is 0.143. The Morgan fingerprint density at radius 3 is 1.89 bits per heavy atom. The van der Waals surface area contributed by atoms with Crippen LogP contribution in [0.4, 0.5) is 0 Å². The molecule has 0 bridgehead atoms. The van der Waals surface area contributed by atoms with Crippen molar-refractivity contribution in [1.29, 1.82) is 0 Å². The molecule has 0 saturated heterocycles. The van der Waals surface area contributed by atoms with Gasteiger partial charge in [-0.2, -0.15) is 0 Å². The van der Waals surface area contributed by atoms with Crippen LogP contribution < -0.4 is 0 Å². The molecule has 0 radical (unpaired) electrons. The Labute approximate surface area is 113 Å². The van der Waals surface area contributed by atoms with Gasteiger partial charge in [0.2, 0.25) is 9.84 Å². The lowest BCUT2D eigenvalue weighted by Gasteiger charge is -2.05. The maximum Gasteiger partial charge on any atom is 0.208 e. The third-order valence-corrected chi connectivity index (χ3v) is 4.45. The molecular weight excluding hydrogens is 268 g/mol. The number of halogens is 1. The molecule has 0 aliphatic carbocycles. The molecule has 2 rings (SSSR count). The van der Waals surface area contributed by atoms with E-state index < -0.39 is 9.84 Å². The van der Waals surface area contributed by atoms with Gasteiger partial charge in [0.25, 0.3) is 0 Å². The van der Waals surface area contributed by atoms with E-state index in [2.05, 4.69) is 0 Å². The van der Waals surface area contributed by atoms with E-state index >= 15 is 0 Å². The zero-order chi connectivity index (χ0) is 13.6. The topological polar surface area (TPSA) is 34.1 Å². The quantitative estimate of drug-likeness (QED) is 0.827. The van der Waals surface area contributed by atoms with Crippen LogP contribution in [0.2, 0.25) is 5.02 Å². The van der Waals surface area contributed by atoms with Gasteiger partial charge in [-0.05, 0) is 24.3 Å². The highest BCUT2D eigenvalue weighted by Crippen LogP contribution is 2.26. The second-order valence-corrected chi connectivity index (χ2v) is 5.57. The second kappa shape index (κ2) is 6.57. The summed E-state index contributed by atoms with van der Waals surface area (Å²) in [6.07, 6.45) is 0. The molecule has 0 atom stereocenters. The molecular formula is C14H15ClO2S. The lowest BCUT2D eigenvalue weighted by atomic mass is 10.4. The van der Waals surface area contributed by atoms with Gasteiger partial charge in [-0.25, -0.2) is 8.42 Å². The number of sulfone groups is 1. The maximum absolute atomic E-state index is 12.2. The van der Waals surface area contributed by atoms with Crippen LogP contribution in [0.25, 0.3) is 0 Å². The first-order valence-electron chi connectivity index (χ1n) is 5.67. The van der Waals surface area contributed by atoms with E-state index in [1.807, 2.05) is 13.8 Å². The lowest BCUT2D eigenvalue weighted by molar-refractivity contribution is 0.596. The van der Waals surface area contributed by atoms with Gasteiger partial charge in [0.05, 0.1) is 14.8 Å². The molecule has 0 unspecified atom stereocenters. The Kier molecular flexibility index (Phi) is 5.38. The molecule has 0 saturated carbocycles. The minimum atomic E-state index is -3.50. The molecule has 0 aromatic heterocycles. The normalized spacial score (nSPS) is 10.4. The molecule has 0 aliphatic heterocycles. The number of hydrogen-bond acceptors (Lipinski definition) is 2. The second-order valence-electron chi connectivity index (χ2n) is 3.25. The first-order chi connectivity index (χ1) is 8.62. The number of rotatable bonds is 2. The van der Waals surface area contributed by atoms with Crippen molar-refractivity contribution in [3.8, 4) is 0 Å². The van der Waals surface area contributed by atoms with Crippen LogP contribution in [0.5, 0.6) is 0 Å². The van der Waals surface area contributed by atoms with Crippen LogP contribution in [-0.4, -0.2) is 8.42 Å². The Hall–Kier alpha value is -1.32. The third kappa shape index (κ3) is 3.12. The highest BCUT2D eigenvalue weighted by atomic mass is 35.5. The van der Waals surface area contributed by atoms with Gasteiger partial charge in [0, 0.05) is 0 Å². The average Bonchev–Trinajstić information content (AvgIpc) is 2.42. The predicted molar refractivity (Wildman–Crippen MR) is 74.7 cm³/mol. The van der Waals surface area contributed by atoms with Gasteiger partial charge >= 0.3 is 0 Å². The van der Waals surface area contributed by atoms with E-state index in [1.165, 1.54) is 6.07 Å². The van der Waals surface area contributed by atoms with Crippen molar-refractivity contribution in [3.63, 3.8) is 0 Å². The summed E-state index contributed by atoms with van der Waals surface area (Å²) in [4.78, 5) is 0.394. The van der Waals surface area contributed by atoms with E-state index in [-0.39, 0.29) is 14.8 Å². The summed E-state index contributed by atoms with van der Waals surface area (Å²) in [5.41, 5.74) is 0. The summed E-state index contributed by atoms with van der Waals surface area (Å²) in [7, 11) is -3.50. The summed E-state index contributed by atoms with van der Waals surface area (Å²) in [5.74, 6) is 0. The Bertz CT molecular complexity index is 592. The SMILES string of the molecule is CC.O=S(=O)(c1ccccc1)c1ccccc1Cl. The van der Waals surface area contributed by atoms with Crippen molar-refractivity contribution >= 4 is 21.4 Å². The molecule has 0 N–H and O–H groups in total. The first-order valence-corrected chi connectivity index (χ1v) is 7.53. The Morgan fingerprint density at radius 2 is 1.33 bits per heavy atom. The van der Waals surface area contributed by atoms with Crippen molar-refractivity contribution in [1.82, 2.24) is 0 Å². The highest BCUT2D eigenvalue weighted by Gasteiger charge is 2.19. The summed E-state index contributed by atoms with van der Waals surface area (Å²) in [6, 6.07) is 14.7. The standard InChI is InChI=1S/C12H9ClO2S.C2H6/c13-11-8-4-5-9-12(11)16(14,15)10-6-2-1-3-7-10;1-2/h1-9H;1-2H3. The largest absolute Gasteiger partial charge is 0.218 e. The van der Waals surface area contributed by atoms with Crippen LogP contribution in [0.1, 0.15) is 13.8 Å². The lowest BCUT2D eigenvalue weighted by Crippen LogP contribution is -2.02. The predicted octanol–water partition coefficient (Wildman–Crippen LogP) is 4.20. The van der Waals surface area contributed by atoms with E-state index in [0.717, 1.165) is 0 Å².